The summed E-state index contributed by atoms with van der Waals surface area (Å²) in [6, 6.07) is 7.42. The number of hydrogen-bond donors (Lipinski definition) is 1. The SMILES string of the molecule is Cc1nc(C(=O)N2c3ccccc3C(C)(C)C2C)nn1-c1n[nH]c(C(F)(F)F)n1. The molecule has 0 bridgehead atoms. The van der Waals surface area contributed by atoms with Gasteiger partial charge in [0.05, 0.1) is 0 Å². The molecule has 4 rings (SSSR count). The van der Waals surface area contributed by atoms with E-state index in [2.05, 4.69) is 20.2 Å². The van der Waals surface area contributed by atoms with E-state index in [1.165, 1.54) is 6.92 Å². The minimum absolute atomic E-state index is 0.139. The lowest BCUT2D eigenvalue weighted by molar-refractivity contribution is -0.144. The van der Waals surface area contributed by atoms with Gasteiger partial charge in [0.15, 0.2) is 0 Å². The molecule has 0 saturated heterocycles. The predicted molar refractivity (Wildman–Crippen MR) is 96.8 cm³/mol. The van der Waals surface area contributed by atoms with Crippen molar-refractivity contribution in [3.63, 3.8) is 0 Å². The Morgan fingerprint density at radius 3 is 2.55 bits per heavy atom. The van der Waals surface area contributed by atoms with Gasteiger partial charge < -0.3 is 4.90 Å². The van der Waals surface area contributed by atoms with Crippen molar-refractivity contribution in [3.05, 3.63) is 47.3 Å². The molecule has 0 radical (unpaired) electrons. The van der Waals surface area contributed by atoms with Crippen molar-refractivity contribution in [2.75, 3.05) is 4.90 Å². The van der Waals surface area contributed by atoms with Gasteiger partial charge in [-0.25, -0.2) is 4.98 Å². The van der Waals surface area contributed by atoms with Gasteiger partial charge in [0, 0.05) is 17.1 Å². The Hall–Kier alpha value is -3.24. The first-order valence-corrected chi connectivity index (χ1v) is 8.88. The second kappa shape index (κ2) is 6.13. The van der Waals surface area contributed by atoms with Crippen LogP contribution in [0.2, 0.25) is 0 Å². The number of H-pyrrole nitrogens is 1. The number of carbonyl (C=O) groups excluding carboxylic acids is 1. The number of aryl methyl sites for hydroxylation is 1. The number of carbonyl (C=O) groups is 1. The summed E-state index contributed by atoms with van der Waals surface area (Å²) in [6.45, 7) is 7.55. The number of amides is 1. The number of anilines is 1. The van der Waals surface area contributed by atoms with Crippen molar-refractivity contribution >= 4 is 11.6 Å². The molecule has 8 nitrogen and oxygen atoms in total. The molecule has 0 saturated carbocycles. The second-order valence-corrected chi connectivity index (χ2v) is 7.47. The topological polar surface area (TPSA) is 92.6 Å². The summed E-state index contributed by atoms with van der Waals surface area (Å²) in [5.41, 5.74) is 1.51. The second-order valence-electron chi connectivity index (χ2n) is 7.47. The third-order valence-electron chi connectivity index (χ3n) is 5.40. The van der Waals surface area contributed by atoms with E-state index >= 15 is 0 Å². The zero-order chi connectivity index (χ0) is 21.1. The molecule has 29 heavy (non-hydrogen) atoms. The highest BCUT2D eigenvalue weighted by Gasteiger charge is 2.45. The van der Waals surface area contributed by atoms with Crippen LogP contribution in [0, 0.1) is 6.92 Å². The Morgan fingerprint density at radius 1 is 1.21 bits per heavy atom. The predicted octanol–water partition coefficient (Wildman–Crippen LogP) is 3.04. The summed E-state index contributed by atoms with van der Waals surface area (Å²) < 4.78 is 39.3. The summed E-state index contributed by atoms with van der Waals surface area (Å²) in [7, 11) is 0. The summed E-state index contributed by atoms with van der Waals surface area (Å²) in [4.78, 5) is 22.4. The van der Waals surface area contributed by atoms with Crippen LogP contribution in [0.4, 0.5) is 18.9 Å². The normalized spacial score (nSPS) is 18.2. The van der Waals surface area contributed by atoms with E-state index in [0.29, 0.717) is 0 Å². The van der Waals surface area contributed by atoms with Gasteiger partial charge in [-0.3, -0.25) is 9.89 Å². The number of para-hydroxylation sites is 1. The van der Waals surface area contributed by atoms with E-state index in [1.54, 1.807) is 4.90 Å². The number of hydrogen-bond acceptors (Lipinski definition) is 5. The lowest BCUT2D eigenvalue weighted by Crippen LogP contribution is -2.43. The van der Waals surface area contributed by atoms with Crippen molar-refractivity contribution in [1.82, 2.24) is 29.9 Å². The number of nitrogens with zero attached hydrogens (tertiary/aromatic N) is 6. The third-order valence-corrected chi connectivity index (χ3v) is 5.40. The highest BCUT2D eigenvalue weighted by molar-refractivity contribution is 6.06. The fourth-order valence-electron chi connectivity index (χ4n) is 3.52. The number of rotatable bonds is 2. The smallest absolute Gasteiger partial charge is 0.302 e. The maximum atomic E-state index is 13.2. The fourth-order valence-corrected chi connectivity index (χ4v) is 3.52. The highest BCUT2D eigenvalue weighted by Crippen LogP contribution is 2.45. The number of fused-ring (bicyclic) bond motifs is 1. The average Bonchev–Trinajstić information content (AvgIpc) is 3.32. The largest absolute Gasteiger partial charge is 0.451 e. The van der Waals surface area contributed by atoms with Gasteiger partial charge in [-0.2, -0.15) is 22.8 Å². The van der Waals surface area contributed by atoms with Gasteiger partial charge in [-0.1, -0.05) is 32.0 Å². The van der Waals surface area contributed by atoms with E-state index in [4.69, 9.17) is 0 Å². The van der Waals surface area contributed by atoms with E-state index in [9.17, 15) is 18.0 Å². The minimum Gasteiger partial charge on any atom is -0.302 e. The first-order chi connectivity index (χ1) is 13.5. The maximum Gasteiger partial charge on any atom is 0.451 e. The highest BCUT2D eigenvalue weighted by atomic mass is 19.4. The van der Waals surface area contributed by atoms with Crippen LogP contribution >= 0.6 is 0 Å². The number of halogens is 3. The van der Waals surface area contributed by atoms with E-state index in [1.807, 2.05) is 50.1 Å². The van der Waals surface area contributed by atoms with Gasteiger partial charge in [0.25, 0.3) is 11.9 Å². The van der Waals surface area contributed by atoms with Gasteiger partial charge in [-0.15, -0.1) is 10.2 Å². The first-order valence-electron chi connectivity index (χ1n) is 8.88. The van der Waals surface area contributed by atoms with Crippen LogP contribution in [0.15, 0.2) is 24.3 Å². The molecule has 1 N–H and O–H groups in total. The fraction of sp³-hybridized carbons (Fsp3) is 0.389. The van der Waals surface area contributed by atoms with Crippen molar-refractivity contribution < 1.29 is 18.0 Å². The lowest BCUT2D eigenvalue weighted by Gasteiger charge is -2.29. The number of aromatic nitrogens is 6. The molecule has 1 unspecified atom stereocenters. The van der Waals surface area contributed by atoms with E-state index < -0.39 is 17.9 Å². The van der Waals surface area contributed by atoms with Crippen LogP contribution in [0.25, 0.3) is 5.95 Å². The van der Waals surface area contributed by atoms with Crippen LogP contribution in [0.1, 0.15) is 48.6 Å². The molecule has 3 heterocycles. The molecule has 3 aromatic rings. The Morgan fingerprint density at radius 2 is 1.90 bits per heavy atom. The summed E-state index contributed by atoms with van der Waals surface area (Å²) in [5.74, 6) is -1.97. The van der Waals surface area contributed by atoms with Crippen LogP contribution in [0.5, 0.6) is 0 Å². The standard InChI is InChI=1S/C18H18F3N7O/c1-9-17(3,4)11-7-5-6-8-12(11)27(9)14(29)13-22-10(2)28(26-13)16-23-15(24-25-16)18(19,20)21/h5-9H,1-4H3,(H,23,24,25). The number of alkyl halides is 3. The monoisotopic (exact) mass is 405 g/mol. The molecule has 11 heteroatoms. The molecule has 1 aromatic carbocycles. The van der Waals surface area contributed by atoms with Gasteiger partial charge in [0.2, 0.25) is 11.6 Å². The molecular weight excluding hydrogens is 387 g/mol. The molecule has 2 aromatic heterocycles. The Bertz CT molecular complexity index is 1100. The maximum absolute atomic E-state index is 13.2. The van der Waals surface area contributed by atoms with Crippen molar-refractivity contribution in [1.29, 1.82) is 0 Å². The van der Waals surface area contributed by atoms with Crippen molar-refractivity contribution in [2.24, 2.45) is 0 Å². The Balaban J connectivity index is 1.71. The van der Waals surface area contributed by atoms with Crippen molar-refractivity contribution in [2.45, 2.75) is 45.3 Å². The van der Waals surface area contributed by atoms with Crippen molar-refractivity contribution in [3.8, 4) is 5.95 Å². The quantitative estimate of drug-likeness (QED) is 0.708. The van der Waals surface area contributed by atoms with Crippen LogP contribution in [0.3, 0.4) is 0 Å². The first kappa shape index (κ1) is 19.1. The average molecular weight is 405 g/mol. The number of aromatic amines is 1. The molecule has 0 spiro atoms. The molecule has 1 aliphatic rings. The summed E-state index contributed by atoms with van der Waals surface area (Å²) >= 11 is 0. The molecule has 0 aliphatic carbocycles. The minimum atomic E-state index is -4.67. The van der Waals surface area contributed by atoms with Crippen LogP contribution < -0.4 is 4.90 Å². The van der Waals surface area contributed by atoms with Gasteiger partial charge in [-0.05, 0) is 25.5 Å². The zero-order valence-electron chi connectivity index (χ0n) is 16.1. The van der Waals surface area contributed by atoms with Gasteiger partial charge in [0.1, 0.15) is 5.82 Å². The van der Waals surface area contributed by atoms with Crippen LogP contribution in [-0.2, 0) is 11.6 Å². The number of nitrogens with one attached hydrogen (secondary N) is 1. The zero-order valence-corrected chi connectivity index (χ0v) is 16.1. The Kier molecular flexibility index (Phi) is 4.03. The molecule has 1 atom stereocenters. The lowest BCUT2D eigenvalue weighted by atomic mass is 9.81. The molecule has 1 aliphatic heterocycles. The molecular formula is C18H18F3N7O. The number of benzene rings is 1. The Labute approximate surface area is 163 Å². The molecule has 0 fully saturated rings. The third kappa shape index (κ3) is 2.88. The van der Waals surface area contributed by atoms with Gasteiger partial charge >= 0.3 is 6.18 Å². The molecule has 152 valence electrons. The van der Waals surface area contributed by atoms with Crippen LogP contribution in [-0.4, -0.2) is 41.9 Å². The molecule has 1 amide bonds. The van der Waals surface area contributed by atoms with E-state index in [-0.39, 0.29) is 29.1 Å². The van der Waals surface area contributed by atoms with E-state index in [0.717, 1.165) is 15.9 Å². The summed E-state index contributed by atoms with van der Waals surface area (Å²) in [5, 5.41) is 9.44. The summed E-state index contributed by atoms with van der Waals surface area (Å²) in [6.07, 6.45) is -4.67.